The van der Waals surface area contributed by atoms with Gasteiger partial charge < -0.3 is 20.1 Å². The molecule has 6 heteroatoms. The number of hydrogen-bond acceptors (Lipinski definition) is 4. The van der Waals surface area contributed by atoms with E-state index in [-0.39, 0.29) is 18.3 Å². The fraction of sp³-hybridized carbons (Fsp3) is 0.318. The average Bonchev–Trinajstić information content (AvgIpc) is 2.71. The van der Waals surface area contributed by atoms with Crippen LogP contribution in [-0.4, -0.2) is 44.7 Å². The van der Waals surface area contributed by atoms with Crippen molar-refractivity contribution in [2.24, 2.45) is 5.73 Å². The Hall–Kier alpha value is -2.50. The molecule has 0 spiro atoms. The zero-order valence-corrected chi connectivity index (χ0v) is 17.3. The van der Waals surface area contributed by atoms with Crippen LogP contribution in [0, 0.1) is 0 Å². The van der Waals surface area contributed by atoms with E-state index in [2.05, 4.69) is 18.7 Å². The van der Waals surface area contributed by atoms with Gasteiger partial charge in [-0.15, -0.1) is 19.0 Å². The molecule has 0 fully saturated rings. The minimum Gasteiger partial charge on any atom is -0.493 e. The first kappa shape index (κ1) is 23.5. The molecule has 152 valence electrons. The average molecular weight is 405 g/mol. The zero-order valence-electron chi connectivity index (χ0n) is 16.5. The van der Waals surface area contributed by atoms with Crippen LogP contribution in [0.1, 0.15) is 21.5 Å². The minimum atomic E-state index is -0.0670. The molecule has 0 unspecified atom stereocenters. The predicted molar refractivity (Wildman–Crippen MR) is 116 cm³/mol. The van der Waals surface area contributed by atoms with Crippen molar-refractivity contribution in [3.63, 3.8) is 0 Å². The molecule has 0 aliphatic carbocycles. The van der Waals surface area contributed by atoms with Crippen LogP contribution < -0.4 is 15.2 Å². The number of carbonyl (C=O) groups is 1. The van der Waals surface area contributed by atoms with Gasteiger partial charge >= 0.3 is 0 Å². The number of halogens is 1. The van der Waals surface area contributed by atoms with E-state index in [4.69, 9.17) is 15.2 Å². The highest BCUT2D eigenvalue weighted by Gasteiger charge is 2.20. The third-order valence-electron chi connectivity index (χ3n) is 4.37. The lowest BCUT2D eigenvalue weighted by Gasteiger charge is -2.23. The van der Waals surface area contributed by atoms with Crippen LogP contribution in [0.25, 0.3) is 0 Å². The summed E-state index contributed by atoms with van der Waals surface area (Å²) in [6.07, 6.45) is 3.14. The Kier molecular flexibility index (Phi) is 10.1. The van der Waals surface area contributed by atoms with Gasteiger partial charge in [0, 0.05) is 30.8 Å². The van der Waals surface area contributed by atoms with Gasteiger partial charge in [0.1, 0.15) is 0 Å². The van der Waals surface area contributed by atoms with Gasteiger partial charge in [0.25, 0.3) is 5.91 Å². The fourth-order valence-corrected chi connectivity index (χ4v) is 3.04. The molecule has 0 heterocycles. The number of nitrogens with two attached hydrogens (primary N) is 1. The lowest BCUT2D eigenvalue weighted by Crippen LogP contribution is -2.37. The van der Waals surface area contributed by atoms with Gasteiger partial charge in [-0.3, -0.25) is 4.79 Å². The monoisotopic (exact) mass is 404 g/mol. The predicted octanol–water partition coefficient (Wildman–Crippen LogP) is 3.50. The molecule has 0 radical (unpaired) electrons. The first-order valence-electron chi connectivity index (χ1n) is 9.03. The maximum Gasteiger partial charge on any atom is 0.254 e. The standard InChI is InChI=1S/C22H28N2O3.ClH/c1-4-8-18-15-19(16-20(26-2)21(18)27-3)22(25)24(14-12-23)13-11-17-9-6-5-7-10-17;/h4-7,9-10,15-16H,1,8,11-14,23H2,2-3H3;1H. The third kappa shape index (κ3) is 6.01. The summed E-state index contributed by atoms with van der Waals surface area (Å²) in [7, 11) is 3.16. The fourth-order valence-electron chi connectivity index (χ4n) is 3.04. The van der Waals surface area contributed by atoms with E-state index < -0.39 is 0 Å². The molecule has 0 saturated carbocycles. The number of hydrogen-bond donors (Lipinski definition) is 1. The van der Waals surface area contributed by atoms with Crippen molar-refractivity contribution in [3.8, 4) is 11.5 Å². The van der Waals surface area contributed by atoms with Crippen LogP contribution in [0.3, 0.4) is 0 Å². The summed E-state index contributed by atoms with van der Waals surface area (Å²) in [4.78, 5) is 14.9. The lowest BCUT2D eigenvalue weighted by molar-refractivity contribution is 0.0761. The summed E-state index contributed by atoms with van der Waals surface area (Å²) in [5.41, 5.74) is 8.36. The highest BCUT2D eigenvalue weighted by Crippen LogP contribution is 2.33. The number of carbonyl (C=O) groups excluding carboxylic acids is 1. The molecule has 0 aliphatic heterocycles. The number of methoxy groups -OCH3 is 2. The second kappa shape index (κ2) is 12.1. The van der Waals surface area contributed by atoms with E-state index in [1.165, 1.54) is 5.56 Å². The number of nitrogens with zero attached hydrogens (tertiary/aromatic N) is 1. The van der Waals surface area contributed by atoms with Crippen molar-refractivity contribution in [1.29, 1.82) is 0 Å². The van der Waals surface area contributed by atoms with Crippen LogP contribution in [0.4, 0.5) is 0 Å². The van der Waals surface area contributed by atoms with Crippen LogP contribution in [0.2, 0.25) is 0 Å². The Morgan fingerprint density at radius 3 is 2.43 bits per heavy atom. The lowest BCUT2D eigenvalue weighted by atomic mass is 10.0. The zero-order chi connectivity index (χ0) is 19.6. The van der Waals surface area contributed by atoms with E-state index in [9.17, 15) is 4.79 Å². The molecule has 0 bridgehead atoms. The highest BCUT2D eigenvalue weighted by atomic mass is 35.5. The van der Waals surface area contributed by atoms with Crippen LogP contribution in [0.5, 0.6) is 11.5 Å². The first-order valence-corrected chi connectivity index (χ1v) is 9.03. The quantitative estimate of drug-likeness (QED) is 0.615. The third-order valence-corrected chi connectivity index (χ3v) is 4.37. The van der Waals surface area contributed by atoms with Gasteiger partial charge in [-0.25, -0.2) is 0 Å². The SMILES string of the molecule is C=CCc1cc(C(=O)N(CCN)CCc2ccccc2)cc(OC)c1OC.Cl. The number of benzene rings is 2. The molecule has 2 rings (SSSR count). The minimum absolute atomic E-state index is 0. The molecule has 5 nitrogen and oxygen atoms in total. The molecule has 0 atom stereocenters. The summed E-state index contributed by atoms with van der Waals surface area (Å²) < 4.78 is 10.9. The molecule has 0 saturated heterocycles. The maximum atomic E-state index is 13.1. The van der Waals surface area contributed by atoms with Crippen molar-refractivity contribution < 1.29 is 14.3 Å². The molecule has 28 heavy (non-hydrogen) atoms. The summed E-state index contributed by atoms with van der Waals surface area (Å²) >= 11 is 0. The van der Waals surface area contributed by atoms with Crippen molar-refractivity contribution in [1.82, 2.24) is 4.90 Å². The van der Waals surface area contributed by atoms with Gasteiger partial charge in [-0.2, -0.15) is 0 Å². The molecule has 2 aromatic rings. The molecule has 0 aromatic heterocycles. The van der Waals surface area contributed by atoms with Gasteiger partial charge in [0.2, 0.25) is 0 Å². The Bertz CT molecular complexity index is 766. The summed E-state index contributed by atoms with van der Waals surface area (Å²) in [6.45, 7) is 5.29. The van der Waals surface area contributed by atoms with Crippen LogP contribution in [-0.2, 0) is 12.8 Å². The van der Waals surface area contributed by atoms with Crippen molar-refractivity contribution in [2.75, 3.05) is 33.9 Å². The van der Waals surface area contributed by atoms with Gasteiger partial charge in [0.05, 0.1) is 14.2 Å². The molecule has 2 aromatic carbocycles. The Morgan fingerprint density at radius 1 is 1.14 bits per heavy atom. The van der Waals surface area contributed by atoms with Crippen LogP contribution in [0.15, 0.2) is 55.1 Å². The first-order chi connectivity index (χ1) is 13.1. The van der Waals surface area contributed by atoms with Gasteiger partial charge in [-0.05, 0) is 30.5 Å². The van der Waals surface area contributed by atoms with Crippen molar-refractivity contribution in [3.05, 3.63) is 71.8 Å². The summed E-state index contributed by atoms with van der Waals surface area (Å²) in [6, 6.07) is 13.7. The van der Waals surface area contributed by atoms with Gasteiger partial charge in [-0.1, -0.05) is 36.4 Å². The van der Waals surface area contributed by atoms with E-state index in [1.807, 2.05) is 24.3 Å². The van der Waals surface area contributed by atoms with Crippen molar-refractivity contribution in [2.45, 2.75) is 12.8 Å². The molecule has 2 N–H and O–H groups in total. The van der Waals surface area contributed by atoms with E-state index >= 15 is 0 Å². The molecular weight excluding hydrogens is 376 g/mol. The van der Waals surface area contributed by atoms with E-state index in [1.54, 1.807) is 31.3 Å². The normalized spacial score (nSPS) is 9.96. The van der Waals surface area contributed by atoms with Crippen molar-refractivity contribution >= 4 is 18.3 Å². The van der Waals surface area contributed by atoms with E-state index in [0.29, 0.717) is 43.1 Å². The Balaban J connectivity index is 0.00000392. The summed E-state index contributed by atoms with van der Waals surface area (Å²) in [5.74, 6) is 1.10. The molecule has 0 aliphatic rings. The van der Waals surface area contributed by atoms with Gasteiger partial charge in [0.15, 0.2) is 11.5 Å². The topological polar surface area (TPSA) is 64.8 Å². The number of rotatable bonds is 10. The largest absolute Gasteiger partial charge is 0.493 e. The second-order valence-electron chi connectivity index (χ2n) is 6.18. The molecule has 1 amide bonds. The maximum absolute atomic E-state index is 13.1. The highest BCUT2D eigenvalue weighted by molar-refractivity contribution is 5.95. The second-order valence-corrected chi connectivity index (χ2v) is 6.18. The number of allylic oxidation sites excluding steroid dienone is 1. The molecular formula is C22H29ClN2O3. The van der Waals surface area contributed by atoms with Crippen LogP contribution >= 0.6 is 12.4 Å². The number of ether oxygens (including phenoxy) is 2. The smallest absolute Gasteiger partial charge is 0.254 e. The Morgan fingerprint density at radius 2 is 1.86 bits per heavy atom. The van der Waals surface area contributed by atoms with E-state index in [0.717, 1.165) is 12.0 Å². The summed E-state index contributed by atoms with van der Waals surface area (Å²) in [5, 5.41) is 0. The Labute approximate surface area is 173 Å². The number of amides is 1.